The average molecular weight is 355 g/mol. The Hall–Kier alpha value is -2.31. The monoisotopic (exact) mass is 355 g/mol. The summed E-state index contributed by atoms with van der Waals surface area (Å²) in [5, 5.41) is 0. The van der Waals surface area contributed by atoms with Crippen molar-refractivity contribution >= 4 is 12.0 Å². The number of carbonyl (C=O) groups excluding carboxylic acids is 2. The largest absolute Gasteiger partial charge is 0.447 e. The van der Waals surface area contributed by atoms with Crippen LogP contribution in [0.1, 0.15) is 25.8 Å². The second-order valence-electron chi connectivity index (χ2n) is 6.25. The number of hydrogen-bond donors (Lipinski definition) is 0. The minimum atomic E-state index is -4.64. The van der Waals surface area contributed by atoms with Crippen molar-refractivity contribution in [3.8, 4) is 0 Å². The van der Waals surface area contributed by atoms with E-state index in [9.17, 15) is 22.8 Å². The van der Waals surface area contributed by atoms with Gasteiger partial charge in [0.05, 0.1) is 6.04 Å². The SMILES string of the molecule is CC(C)[C@H]1COC(=O)N1C(=O)/C=C(\CCc1ccccc1)C(F)(F)F. The lowest BCUT2D eigenvalue weighted by atomic mass is 10.0. The summed E-state index contributed by atoms with van der Waals surface area (Å²) < 4.78 is 44.6. The number of amides is 2. The fourth-order valence-corrected chi connectivity index (χ4v) is 2.62. The van der Waals surface area contributed by atoms with Crippen molar-refractivity contribution < 1.29 is 27.5 Å². The summed E-state index contributed by atoms with van der Waals surface area (Å²) in [6.07, 6.45) is -5.21. The number of carbonyl (C=O) groups is 2. The van der Waals surface area contributed by atoms with Gasteiger partial charge >= 0.3 is 12.3 Å². The molecule has 0 N–H and O–H groups in total. The number of rotatable bonds is 5. The molecule has 7 heteroatoms. The maximum absolute atomic E-state index is 13.3. The van der Waals surface area contributed by atoms with Gasteiger partial charge in [-0.1, -0.05) is 44.2 Å². The summed E-state index contributed by atoms with van der Waals surface area (Å²) in [7, 11) is 0. The van der Waals surface area contributed by atoms with Crippen LogP contribution in [0.3, 0.4) is 0 Å². The van der Waals surface area contributed by atoms with Gasteiger partial charge in [-0.2, -0.15) is 13.2 Å². The molecule has 1 fully saturated rings. The fraction of sp³-hybridized carbons (Fsp3) is 0.444. The molecule has 2 rings (SSSR count). The Bertz CT molecular complexity index is 653. The lowest BCUT2D eigenvalue weighted by Crippen LogP contribution is -2.41. The Kier molecular flexibility index (Phi) is 5.87. The molecule has 1 aliphatic rings. The molecule has 1 atom stereocenters. The van der Waals surface area contributed by atoms with E-state index < -0.39 is 29.8 Å². The summed E-state index contributed by atoms with van der Waals surface area (Å²) in [5.74, 6) is -1.09. The first-order valence-corrected chi connectivity index (χ1v) is 8.01. The molecule has 1 aromatic carbocycles. The van der Waals surface area contributed by atoms with Crippen LogP contribution in [0, 0.1) is 5.92 Å². The van der Waals surface area contributed by atoms with E-state index in [1.807, 2.05) is 0 Å². The van der Waals surface area contributed by atoms with E-state index in [1.54, 1.807) is 44.2 Å². The number of halogens is 3. The van der Waals surface area contributed by atoms with Gasteiger partial charge in [0.15, 0.2) is 0 Å². The number of alkyl halides is 3. The van der Waals surface area contributed by atoms with Gasteiger partial charge in [-0.3, -0.25) is 4.79 Å². The van der Waals surface area contributed by atoms with Gasteiger partial charge in [-0.25, -0.2) is 9.69 Å². The second-order valence-corrected chi connectivity index (χ2v) is 6.25. The van der Waals surface area contributed by atoms with Gasteiger partial charge in [0, 0.05) is 11.6 Å². The normalized spacial score (nSPS) is 18.6. The third kappa shape index (κ3) is 4.84. The van der Waals surface area contributed by atoms with Crippen LogP contribution in [0.5, 0.6) is 0 Å². The Morgan fingerprint density at radius 1 is 1.32 bits per heavy atom. The molecule has 1 saturated heterocycles. The molecule has 1 aromatic rings. The fourth-order valence-electron chi connectivity index (χ4n) is 2.62. The lowest BCUT2D eigenvalue weighted by Gasteiger charge is -2.22. The number of hydrogen-bond acceptors (Lipinski definition) is 3. The predicted octanol–water partition coefficient (Wildman–Crippen LogP) is 4.11. The Balaban J connectivity index is 2.19. The van der Waals surface area contributed by atoms with Crippen LogP contribution in [-0.4, -0.2) is 35.7 Å². The van der Waals surface area contributed by atoms with E-state index >= 15 is 0 Å². The van der Waals surface area contributed by atoms with Crippen LogP contribution in [0.15, 0.2) is 42.0 Å². The molecule has 0 spiro atoms. The number of benzene rings is 1. The summed E-state index contributed by atoms with van der Waals surface area (Å²) in [4.78, 5) is 24.8. The molecule has 0 unspecified atom stereocenters. The highest BCUT2D eigenvalue weighted by molar-refractivity contribution is 6.00. The molecule has 0 aliphatic carbocycles. The molecule has 0 radical (unpaired) electrons. The first kappa shape index (κ1) is 19.0. The number of nitrogens with zero attached hydrogens (tertiary/aromatic N) is 1. The third-order valence-electron chi connectivity index (χ3n) is 4.10. The van der Waals surface area contributed by atoms with Gasteiger partial charge in [0.2, 0.25) is 0 Å². The minimum absolute atomic E-state index is 0.00144. The van der Waals surface area contributed by atoms with Crippen LogP contribution >= 0.6 is 0 Å². The van der Waals surface area contributed by atoms with Crippen molar-refractivity contribution in [3.63, 3.8) is 0 Å². The second kappa shape index (κ2) is 7.72. The van der Waals surface area contributed by atoms with E-state index in [4.69, 9.17) is 4.74 Å². The zero-order valence-electron chi connectivity index (χ0n) is 14.0. The van der Waals surface area contributed by atoms with Crippen LogP contribution in [-0.2, 0) is 16.0 Å². The summed E-state index contributed by atoms with van der Waals surface area (Å²) >= 11 is 0. The van der Waals surface area contributed by atoms with Crippen molar-refractivity contribution in [3.05, 3.63) is 47.5 Å². The van der Waals surface area contributed by atoms with Crippen molar-refractivity contribution in [1.29, 1.82) is 0 Å². The maximum atomic E-state index is 13.3. The summed E-state index contributed by atoms with van der Waals surface area (Å²) in [5.41, 5.74) is -0.214. The van der Waals surface area contributed by atoms with E-state index in [2.05, 4.69) is 0 Å². The number of allylic oxidation sites excluding steroid dienone is 1. The molecule has 0 bridgehead atoms. The first-order chi connectivity index (χ1) is 11.7. The zero-order valence-corrected chi connectivity index (χ0v) is 14.0. The van der Waals surface area contributed by atoms with Gasteiger partial charge in [-0.05, 0) is 24.3 Å². The maximum Gasteiger partial charge on any atom is 0.417 e. The third-order valence-corrected chi connectivity index (χ3v) is 4.10. The van der Waals surface area contributed by atoms with E-state index in [0.717, 1.165) is 10.5 Å². The molecule has 4 nitrogen and oxygen atoms in total. The number of aryl methyl sites for hydroxylation is 1. The first-order valence-electron chi connectivity index (χ1n) is 8.01. The average Bonchev–Trinajstić information content (AvgIpc) is 2.93. The standard InChI is InChI=1S/C18H20F3NO3/c1-12(2)15-11-25-17(24)22(15)16(23)10-14(18(19,20)21)9-8-13-6-4-3-5-7-13/h3-7,10,12,15H,8-9,11H2,1-2H3/b14-10+/t15-/m1/s1. The van der Waals surface area contributed by atoms with E-state index in [0.29, 0.717) is 6.08 Å². The molecule has 25 heavy (non-hydrogen) atoms. The highest BCUT2D eigenvalue weighted by Gasteiger charge is 2.40. The van der Waals surface area contributed by atoms with Gasteiger partial charge in [-0.15, -0.1) is 0 Å². The minimum Gasteiger partial charge on any atom is -0.447 e. The van der Waals surface area contributed by atoms with Gasteiger partial charge in [0.25, 0.3) is 5.91 Å². The molecule has 1 aliphatic heterocycles. The topological polar surface area (TPSA) is 46.6 Å². The molecule has 0 aromatic heterocycles. The highest BCUT2D eigenvalue weighted by Crippen LogP contribution is 2.30. The molecule has 0 saturated carbocycles. The molecule has 1 heterocycles. The molecular weight excluding hydrogens is 335 g/mol. The van der Waals surface area contributed by atoms with Crippen LogP contribution in [0.4, 0.5) is 18.0 Å². The van der Waals surface area contributed by atoms with Gasteiger partial charge < -0.3 is 4.74 Å². The lowest BCUT2D eigenvalue weighted by molar-refractivity contribution is -0.126. The molecular formula is C18H20F3NO3. The summed E-state index contributed by atoms with van der Waals surface area (Å²) in [6.45, 7) is 3.55. The van der Waals surface area contributed by atoms with Crippen molar-refractivity contribution in [2.45, 2.75) is 38.9 Å². The van der Waals surface area contributed by atoms with Crippen LogP contribution in [0.2, 0.25) is 0 Å². The molecule has 2 amide bonds. The van der Waals surface area contributed by atoms with E-state index in [1.165, 1.54) is 0 Å². The van der Waals surface area contributed by atoms with Crippen molar-refractivity contribution in [1.82, 2.24) is 4.90 Å². The smallest absolute Gasteiger partial charge is 0.417 e. The Morgan fingerprint density at radius 2 is 1.96 bits per heavy atom. The predicted molar refractivity (Wildman–Crippen MR) is 85.7 cm³/mol. The van der Waals surface area contributed by atoms with E-state index in [-0.39, 0.29) is 25.4 Å². The van der Waals surface area contributed by atoms with Crippen LogP contribution in [0.25, 0.3) is 0 Å². The number of imide groups is 1. The van der Waals surface area contributed by atoms with Crippen molar-refractivity contribution in [2.75, 3.05) is 6.61 Å². The van der Waals surface area contributed by atoms with Crippen LogP contribution < -0.4 is 0 Å². The highest BCUT2D eigenvalue weighted by atomic mass is 19.4. The quantitative estimate of drug-likeness (QED) is 0.747. The van der Waals surface area contributed by atoms with Crippen molar-refractivity contribution in [2.24, 2.45) is 5.92 Å². The van der Waals surface area contributed by atoms with Gasteiger partial charge in [0.1, 0.15) is 6.61 Å². The zero-order chi connectivity index (χ0) is 18.6. The Labute approximate surface area is 144 Å². The Morgan fingerprint density at radius 3 is 2.52 bits per heavy atom. The number of cyclic esters (lactones) is 1. The number of ether oxygens (including phenoxy) is 1. The molecule has 136 valence electrons. The summed E-state index contributed by atoms with van der Waals surface area (Å²) in [6, 6.07) is 8.15.